The summed E-state index contributed by atoms with van der Waals surface area (Å²) in [5, 5.41) is 9.79. The van der Waals surface area contributed by atoms with Crippen molar-refractivity contribution in [2.45, 2.75) is 38.1 Å². The molecule has 0 radical (unpaired) electrons. The third-order valence-corrected chi connectivity index (χ3v) is 4.21. The highest BCUT2D eigenvalue weighted by molar-refractivity contribution is 5.89. The molecule has 1 saturated carbocycles. The third kappa shape index (κ3) is 2.22. The summed E-state index contributed by atoms with van der Waals surface area (Å²) >= 11 is 0. The van der Waals surface area contributed by atoms with Crippen molar-refractivity contribution >= 4 is 5.91 Å². The second-order valence-electron chi connectivity index (χ2n) is 5.57. The summed E-state index contributed by atoms with van der Waals surface area (Å²) in [5.74, 6) is 0.129. The number of hydrogen-bond donors (Lipinski definition) is 2. The van der Waals surface area contributed by atoms with E-state index in [4.69, 9.17) is 0 Å². The fourth-order valence-electron chi connectivity index (χ4n) is 2.85. The van der Waals surface area contributed by atoms with Crippen LogP contribution in [0.2, 0.25) is 0 Å². The monoisotopic (exact) mass is 269 g/mol. The van der Waals surface area contributed by atoms with Crippen molar-refractivity contribution in [3.05, 3.63) is 53.3 Å². The SMILES string of the molecule is Cc1cccc(C2(C(=O)NCc3ccn[nH]3)CCC2)c1. The zero-order chi connectivity index (χ0) is 14.0. The van der Waals surface area contributed by atoms with Gasteiger partial charge in [0, 0.05) is 6.20 Å². The molecule has 3 rings (SSSR count). The Balaban J connectivity index is 1.76. The van der Waals surface area contributed by atoms with E-state index in [2.05, 4.69) is 40.6 Å². The Morgan fingerprint density at radius 1 is 1.40 bits per heavy atom. The first-order valence-electron chi connectivity index (χ1n) is 7.04. The van der Waals surface area contributed by atoms with Gasteiger partial charge in [-0.3, -0.25) is 9.89 Å². The maximum Gasteiger partial charge on any atom is 0.230 e. The normalized spacial score (nSPS) is 16.4. The lowest BCUT2D eigenvalue weighted by molar-refractivity contribution is -0.130. The van der Waals surface area contributed by atoms with Crippen LogP contribution >= 0.6 is 0 Å². The van der Waals surface area contributed by atoms with Gasteiger partial charge in [-0.15, -0.1) is 0 Å². The largest absolute Gasteiger partial charge is 0.350 e. The van der Waals surface area contributed by atoms with Crippen molar-refractivity contribution in [2.24, 2.45) is 0 Å². The van der Waals surface area contributed by atoms with Gasteiger partial charge in [-0.25, -0.2) is 0 Å². The molecule has 2 N–H and O–H groups in total. The molecule has 0 atom stereocenters. The molecule has 4 nitrogen and oxygen atoms in total. The van der Waals surface area contributed by atoms with Crippen molar-refractivity contribution in [1.82, 2.24) is 15.5 Å². The van der Waals surface area contributed by atoms with Crippen LogP contribution in [0, 0.1) is 6.92 Å². The lowest BCUT2D eigenvalue weighted by atomic mass is 9.63. The smallest absolute Gasteiger partial charge is 0.230 e. The summed E-state index contributed by atoms with van der Waals surface area (Å²) in [6, 6.07) is 10.2. The summed E-state index contributed by atoms with van der Waals surface area (Å²) in [7, 11) is 0. The molecule has 1 aromatic carbocycles. The van der Waals surface area contributed by atoms with Gasteiger partial charge in [0.25, 0.3) is 0 Å². The predicted octanol–water partition coefficient (Wildman–Crippen LogP) is 2.46. The Bertz CT molecular complexity index is 600. The van der Waals surface area contributed by atoms with Gasteiger partial charge >= 0.3 is 0 Å². The number of aromatic nitrogens is 2. The Kier molecular flexibility index (Phi) is 3.30. The van der Waals surface area contributed by atoms with Crippen LogP contribution in [0.5, 0.6) is 0 Å². The summed E-state index contributed by atoms with van der Waals surface area (Å²) < 4.78 is 0. The maximum atomic E-state index is 12.6. The van der Waals surface area contributed by atoms with Crippen molar-refractivity contribution in [2.75, 3.05) is 0 Å². The molecule has 0 unspecified atom stereocenters. The third-order valence-electron chi connectivity index (χ3n) is 4.21. The molecule has 0 spiro atoms. The predicted molar refractivity (Wildman–Crippen MR) is 77.1 cm³/mol. The highest BCUT2D eigenvalue weighted by Gasteiger charge is 2.45. The molecule has 4 heteroatoms. The zero-order valence-electron chi connectivity index (χ0n) is 11.6. The summed E-state index contributed by atoms with van der Waals surface area (Å²) in [5.41, 5.74) is 2.95. The van der Waals surface area contributed by atoms with Crippen LogP contribution in [-0.2, 0) is 16.8 Å². The molecular weight excluding hydrogens is 250 g/mol. The molecule has 1 heterocycles. The van der Waals surface area contributed by atoms with Crippen LogP contribution in [-0.4, -0.2) is 16.1 Å². The molecule has 1 aliphatic carbocycles. The second kappa shape index (κ2) is 5.12. The number of aromatic amines is 1. The zero-order valence-corrected chi connectivity index (χ0v) is 11.6. The number of aryl methyl sites for hydroxylation is 1. The molecule has 20 heavy (non-hydrogen) atoms. The first-order valence-corrected chi connectivity index (χ1v) is 7.04. The average Bonchev–Trinajstić information content (AvgIpc) is 2.88. The van der Waals surface area contributed by atoms with E-state index in [1.807, 2.05) is 12.1 Å². The molecule has 0 aliphatic heterocycles. The highest BCUT2D eigenvalue weighted by Crippen LogP contribution is 2.44. The minimum absolute atomic E-state index is 0.129. The lowest BCUT2D eigenvalue weighted by Gasteiger charge is -2.40. The molecule has 1 aromatic heterocycles. The standard InChI is InChI=1S/C16H19N3O/c1-12-4-2-5-13(10-12)16(7-3-8-16)15(20)17-11-14-6-9-18-19-14/h2,4-6,9-10H,3,7-8,11H2,1H3,(H,17,20)(H,18,19). The molecule has 0 bridgehead atoms. The number of nitrogens with zero attached hydrogens (tertiary/aromatic N) is 1. The van der Waals surface area contributed by atoms with Gasteiger partial charge in [0.05, 0.1) is 17.7 Å². The van der Waals surface area contributed by atoms with Crippen molar-refractivity contribution in [3.8, 4) is 0 Å². The Labute approximate surface area is 118 Å². The number of nitrogens with one attached hydrogen (secondary N) is 2. The number of benzene rings is 1. The molecule has 1 fully saturated rings. The molecule has 104 valence electrons. The second-order valence-corrected chi connectivity index (χ2v) is 5.57. The van der Waals surface area contributed by atoms with Crippen LogP contribution in [0.3, 0.4) is 0 Å². The first kappa shape index (κ1) is 12.9. The Morgan fingerprint density at radius 3 is 2.85 bits per heavy atom. The summed E-state index contributed by atoms with van der Waals surface area (Å²) in [6.07, 6.45) is 4.68. The van der Waals surface area contributed by atoms with Gasteiger partial charge in [0.2, 0.25) is 5.91 Å². The average molecular weight is 269 g/mol. The van der Waals surface area contributed by atoms with Gasteiger partial charge in [-0.1, -0.05) is 36.2 Å². The van der Waals surface area contributed by atoms with Crippen molar-refractivity contribution < 1.29 is 4.79 Å². The number of hydrogen-bond acceptors (Lipinski definition) is 2. The Hall–Kier alpha value is -2.10. The first-order chi connectivity index (χ1) is 9.71. The van der Waals surface area contributed by atoms with E-state index in [1.54, 1.807) is 6.20 Å². The van der Waals surface area contributed by atoms with Crippen LogP contribution in [0.4, 0.5) is 0 Å². The lowest BCUT2D eigenvalue weighted by Crippen LogP contribution is -2.49. The minimum atomic E-state index is -0.327. The van der Waals surface area contributed by atoms with Crippen molar-refractivity contribution in [1.29, 1.82) is 0 Å². The maximum absolute atomic E-state index is 12.6. The van der Waals surface area contributed by atoms with E-state index in [0.717, 1.165) is 30.5 Å². The van der Waals surface area contributed by atoms with Gasteiger partial charge in [-0.05, 0) is 31.4 Å². The molecular formula is C16H19N3O. The van der Waals surface area contributed by atoms with E-state index in [1.165, 1.54) is 5.56 Å². The molecule has 0 saturated heterocycles. The van der Waals surface area contributed by atoms with Gasteiger partial charge < -0.3 is 5.32 Å². The van der Waals surface area contributed by atoms with E-state index in [9.17, 15) is 4.79 Å². The van der Waals surface area contributed by atoms with Crippen LogP contribution in [0.1, 0.15) is 36.1 Å². The minimum Gasteiger partial charge on any atom is -0.350 e. The fraction of sp³-hybridized carbons (Fsp3) is 0.375. The quantitative estimate of drug-likeness (QED) is 0.895. The number of rotatable bonds is 4. The summed E-state index contributed by atoms with van der Waals surface area (Å²) in [4.78, 5) is 12.6. The van der Waals surface area contributed by atoms with Crippen LogP contribution < -0.4 is 5.32 Å². The van der Waals surface area contributed by atoms with E-state index in [-0.39, 0.29) is 11.3 Å². The molecule has 1 amide bonds. The van der Waals surface area contributed by atoms with Gasteiger partial charge in [-0.2, -0.15) is 5.10 Å². The van der Waals surface area contributed by atoms with Crippen molar-refractivity contribution in [3.63, 3.8) is 0 Å². The van der Waals surface area contributed by atoms with E-state index < -0.39 is 0 Å². The fourth-order valence-corrected chi connectivity index (χ4v) is 2.85. The van der Waals surface area contributed by atoms with Gasteiger partial charge in [0.15, 0.2) is 0 Å². The molecule has 1 aliphatic rings. The van der Waals surface area contributed by atoms with E-state index >= 15 is 0 Å². The molecule has 2 aromatic rings. The highest BCUT2D eigenvalue weighted by atomic mass is 16.2. The Morgan fingerprint density at radius 2 is 2.25 bits per heavy atom. The number of amides is 1. The van der Waals surface area contributed by atoms with Gasteiger partial charge in [0.1, 0.15) is 0 Å². The topological polar surface area (TPSA) is 57.8 Å². The number of carbonyl (C=O) groups is 1. The number of H-pyrrole nitrogens is 1. The van der Waals surface area contributed by atoms with Crippen LogP contribution in [0.25, 0.3) is 0 Å². The number of carbonyl (C=O) groups excluding carboxylic acids is 1. The van der Waals surface area contributed by atoms with E-state index in [0.29, 0.717) is 6.54 Å². The summed E-state index contributed by atoms with van der Waals surface area (Å²) in [6.45, 7) is 2.57. The van der Waals surface area contributed by atoms with Crippen LogP contribution in [0.15, 0.2) is 36.5 Å².